The zero-order valence-electron chi connectivity index (χ0n) is 9.82. The molecule has 0 fully saturated rings. The number of carbonyl (C=O) groups excluding carboxylic acids is 1. The van der Waals surface area contributed by atoms with Crippen molar-refractivity contribution in [3.8, 4) is 0 Å². The summed E-state index contributed by atoms with van der Waals surface area (Å²) in [5.41, 5.74) is 1.22. The number of hydrogen-bond donors (Lipinski definition) is 1. The molecule has 1 atom stereocenters. The Kier molecular flexibility index (Phi) is 4.10. The molecule has 2 rings (SSSR count). The van der Waals surface area contributed by atoms with Crippen LogP contribution in [0.25, 0.3) is 0 Å². The van der Waals surface area contributed by atoms with Crippen molar-refractivity contribution in [3.05, 3.63) is 71.8 Å². The third-order valence-corrected chi connectivity index (χ3v) is 2.57. The minimum atomic E-state index is -0.793. The number of benzene rings is 2. The van der Waals surface area contributed by atoms with Crippen LogP contribution in [-0.4, -0.2) is 17.7 Å². The summed E-state index contributed by atoms with van der Waals surface area (Å²) in [6, 6.07) is 17.8. The van der Waals surface area contributed by atoms with Gasteiger partial charge < -0.3 is 9.84 Å². The molecule has 0 aliphatic carbocycles. The summed E-state index contributed by atoms with van der Waals surface area (Å²) in [4.78, 5) is 11.6. The molecule has 0 saturated heterocycles. The van der Waals surface area contributed by atoms with Crippen LogP contribution in [0.15, 0.2) is 60.7 Å². The Bertz CT molecular complexity index is 494. The lowest BCUT2D eigenvalue weighted by molar-refractivity contribution is 0.0254. The standard InChI is InChI=1S/C15H14O3/c16-14(12-7-3-1-4-8-12)11-18-15(17)13-9-5-2-6-10-13/h1-10,14,16H,11H2/t14-/m0/s1. The Morgan fingerprint density at radius 2 is 1.56 bits per heavy atom. The molecule has 0 radical (unpaired) electrons. The summed E-state index contributed by atoms with van der Waals surface area (Å²) >= 11 is 0. The zero-order valence-corrected chi connectivity index (χ0v) is 9.82. The Hall–Kier alpha value is -2.13. The highest BCUT2D eigenvalue weighted by Gasteiger charge is 2.11. The van der Waals surface area contributed by atoms with Gasteiger partial charge in [0.05, 0.1) is 5.56 Å². The first-order valence-electron chi connectivity index (χ1n) is 5.72. The van der Waals surface area contributed by atoms with E-state index in [2.05, 4.69) is 0 Å². The van der Waals surface area contributed by atoms with E-state index < -0.39 is 12.1 Å². The Labute approximate surface area is 106 Å². The lowest BCUT2D eigenvalue weighted by atomic mass is 10.1. The second-order valence-electron chi connectivity index (χ2n) is 3.89. The van der Waals surface area contributed by atoms with Crippen LogP contribution < -0.4 is 0 Å². The summed E-state index contributed by atoms with van der Waals surface area (Å²) < 4.78 is 5.06. The van der Waals surface area contributed by atoms with Gasteiger partial charge in [0.25, 0.3) is 0 Å². The van der Waals surface area contributed by atoms with E-state index in [-0.39, 0.29) is 6.61 Å². The monoisotopic (exact) mass is 242 g/mol. The number of carbonyl (C=O) groups is 1. The molecule has 2 aromatic rings. The van der Waals surface area contributed by atoms with Crippen molar-refractivity contribution in [1.82, 2.24) is 0 Å². The minimum Gasteiger partial charge on any atom is -0.459 e. The Morgan fingerprint density at radius 3 is 2.17 bits per heavy atom. The maximum absolute atomic E-state index is 11.6. The van der Waals surface area contributed by atoms with Crippen molar-refractivity contribution < 1.29 is 14.6 Å². The van der Waals surface area contributed by atoms with E-state index in [1.54, 1.807) is 36.4 Å². The van der Waals surface area contributed by atoms with Crippen LogP contribution in [0.4, 0.5) is 0 Å². The van der Waals surface area contributed by atoms with Gasteiger partial charge >= 0.3 is 5.97 Å². The number of hydrogen-bond acceptors (Lipinski definition) is 3. The summed E-state index contributed by atoms with van der Waals surface area (Å²) in [6.07, 6.45) is -0.793. The fraction of sp³-hybridized carbons (Fsp3) is 0.133. The maximum atomic E-state index is 11.6. The number of aliphatic hydroxyl groups excluding tert-OH is 1. The second-order valence-corrected chi connectivity index (χ2v) is 3.89. The molecule has 18 heavy (non-hydrogen) atoms. The van der Waals surface area contributed by atoms with Crippen LogP contribution >= 0.6 is 0 Å². The lowest BCUT2D eigenvalue weighted by Crippen LogP contribution is -2.12. The molecule has 3 heteroatoms. The molecule has 2 aromatic carbocycles. The van der Waals surface area contributed by atoms with Crippen molar-refractivity contribution in [1.29, 1.82) is 0 Å². The molecule has 0 bridgehead atoms. The van der Waals surface area contributed by atoms with Gasteiger partial charge in [0.2, 0.25) is 0 Å². The smallest absolute Gasteiger partial charge is 0.338 e. The average Bonchev–Trinajstić information content (AvgIpc) is 2.46. The van der Waals surface area contributed by atoms with Crippen LogP contribution in [0, 0.1) is 0 Å². The first-order valence-corrected chi connectivity index (χ1v) is 5.72. The van der Waals surface area contributed by atoms with Crippen molar-refractivity contribution in [2.24, 2.45) is 0 Å². The number of ether oxygens (including phenoxy) is 1. The van der Waals surface area contributed by atoms with Gasteiger partial charge in [-0.25, -0.2) is 4.79 Å². The van der Waals surface area contributed by atoms with E-state index in [9.17, 15) is 9.90 Å². The quantitative estimate of drug-likeness (QED) is 0.838. The molecule has 0 amide bonds. The largest absolute Gasteiger partial charge is 0.459 e. The Morgan fingerprint density at radius 1 is 1.00 bits per heavy atom. The van der Waals surface area contributed by atoms with E-state index in [0.717, 1.165) is 5.56 Å². The number of esters is 1. The van der Waals surface area contributed by atoms with Gasteiger partial charge in [-0.2, -0.15) is 0 Å². The van der Waals surface area contributed by atoms with Crippen molar-refractivity contribution in [2.45, 2.75) is 6.10 Å². The van der Waals surface area contributed by atoms with Crippen molar-refractivity contribution in [2.75, 3.05) is 6.61 Å². The van der Waals surface area contributed by atoms with Crippen LogP contribution in [-0.2, 0) is 4.74 Å². The molecule has 3 nitrogen and oxygen atoms in total. The van der Waals surface area contributed by atoms with Crippen molar-refractivity contribution >= 4 is 5.97 Å². The summed E-state index contributed by atoms with van der Waals surface area (Å²) in [7, 11) is 0. The summed E-state index contributed by atoms with van der Waals surface area (Å²) in [5, 5.41) is 9.84. The van der Waals surface area contributed by atoms with Crippen LogP contribution in [0.1, 0.15) is 22.0 Å². The highest BCUT2D eigenvalue weighted by Crippen LogP contribution is 2.13. The predicted molar refractivity (Wildman–Crippen MR) is 68.1 cm³/mol. The molecule has 0 aromatic heterocycles. The molecule has 0 unspecified atom stereocenters. The normalized spacial score (nSPS) is 11.8. The van der Waals surface area contributed by atoms with Crippen LogP contribution in [0.3, 0.4) is 0 Å². The first kappa shape index (κ1) is 12.3. The second kappa shape index (κ2) is 5.98. The van der Waals surface area contributed by atoms with E-state index in [1.807, 2.05) is 24.3 Å². The molecular formula is C15H14O3. The average molecular weight is 242 g/mol. The minimum absolute atomic E-state index is 0.0439. The van der Waals surface area contributed by atoms with Crippen LogP contribution in [0.2, 0.25) is 0 Å². The topological polar surface area (TPSA) is 46.5 Å². The first-order chi connectivity index (χ1) is 8.77. The lowest BCUT2D eigenvalue weighted by Gasteiger charge is -2.11. The molecule has 0 heterocycles. The molecule has 92 valence electrons. The van der Waals surface area contributed by atoms with Gasteiger partial charge in [-0.1, -0.05) is 48.5 Å². The SMILES string of the molecule is O=C(OC[C@H](O)c1ccccc1)c1ccccc1. The highest BCUT2D eigenvalue weighted by atomic mass is 16.5. The molecule has 1 N–H and O–H groups in total. The fourth-order valence-corrected chi connectivity index (χ4v) is 1.58. The number of rotatable bonds is 4. The molecule has 0 spiro atoms. The van der Waals surface area contributed by atoms with Gasteiger partial charge in [0, 0.05) is 0 Å². The van der Waals surface area contributed by atoms with Crippen LogP contribution in [0.5, 0.6) is 0 Å². The van der Waals surface area contributed by atoms with E-state index in [1.165, 1.54) is 0 Å². The van der Waals surface area contributed by atoms with E-state index >= 15 is 0 Å². The zero-order chi connectivity index (χ0) is 12.8. The fourth-order valence-electron chi connectivity index (χ4n) is 1.58. The maximum Gasteiger partial charge on any atom is 0.338 e. The Balaban J connectivity index is 1.91. The third-order valence-electron chi connectivity index (χ3n) is 2.57. The van der Waals surface area contributed by atoms with Gasteiger partial charge in [0.15, 0.2) is 0 Å². The van der Waals surface area contributed by atoms with Gasteiger partial charge in [0.1, 0.15) is 12.7 Å². The van der Waals surface area contributed by atoms with Gasteiger partial charge in [-0.05, 0) is 17.7 Å². The molecular weight excluding hydrogens is 228 g/mol. The third kappa shape index (κ3) is 3.18. The molecule has 0 saturated carbocycles. The van der Waals surface area contributed by atoms with Gasteiger partial charge in [-0.3, -0.25) is 0 Å². The highest BCUT2D eigenvalue weighted by molar-refractivity contribution is 5.89. The number of aliphatic hydroxyl groups is 1. The molecule has 0 aliphatic rings. The summed E-state index contributed by atoms with van der Waals surface area (Å²) in [6.45, 7) is -0.0439. The molecule has 0 aliphatic heterocycles. The van der Waals surface area contributed by atoms with Crippen molar-refractivity contribution in [3.63, 3.8) is 0 Å². The van der Waals surface area contributed by atoms with E-state index in [4.69, 9.17) is 4.74 Å². The summed E-state index contributed by atoms with van der Waals surface area (Å²) in [5.74, 6) is -0.425. The van der Waals surface area contributed by atoms with Gasteiger partial charge in [-0.15, -0.1) is 0 Å². The van der Waals surface area contributed by atoms with E-state index in [0.29, 0.717) is 5.56 Å². The predicted octanol–water partition coefficient (Wildman–Crippen LogP) is 2.58.